The van der Waals surface area contributed by atoms with Gasteiger partial charge in [0.15, 0.2) is 0 Å². The van der Waals surface area contributed by atoms with Crippen LogP contribution in [-0.4, -0.2) is 22.3 Å². The maximum absolute atomic E-state index is 12.5. The van der Waals surface area contributed by atoms with Crippen molar-refractivity contribution in [3.63, 3.8) is 0 Å². The molecule has 2 aromatic carbocycles. The molecule has 1 atom stereocenters. The minimum Gasteiger partial charge on any atom is -0.361 e. The Morgan fingerprint density at radius 3 is 2.71 bits per heavy atom. The fourth-order valence-corrected chi connectivity index (χ4v) is 3.80. The first-order valence-corrected chi connectivity index (χ1v) is 8.72. The van der Waals surface area contributed by atoms with Gasteiger partial charge in [-0.1, -0.05) is 48.5 Å². The quantitative estimate of drug-likeness (QED) is 0.757. The topological polar surface area (TPSA) is 36.1 Å². The summed E-state index contributed by atoms with van der Waals surface area (Å²) in [7, 11) is 0. The highest BCUT2D eigenvalue weighted by atomic mass is 16.2. The fourth-order valence-electron chi connectivity index (χ4n) is 3.80. The average Bonchev–Trinajstić information content (AvgIpc) is 3.04. The largest absolute Gasteiger partial charge is 0.361 e. The van der Waals surface area contributed by atoms with Gasteiger partial charge in [-0.15, -0.1) is 0 Å². The summed E-state index contributed by atoms with van der Waals surface area (Å²) in [6, 6.07) is 19.0. The zero-order chi connectivity index (χ0) is 16.4. The van der Waals surface area contributed by atoms with Gasteiger partial charge < -0.3 is 9.88 Å². The fraction of sp³-hybridized carbons (Fsp3) is 0.286. The minimum absolute atomic E-state index is 0.220. The minimum atomic E-state index is 0.220. The predicted molar refractivity (Wildman–Crippen MR) is 96.7 cm³/mol. The van der Waals surface area contributed by atoms with Gasteiger partial charge in [-0.3, -0.25) is 4.79 Å². The second-order valence-electron chi connectivity index (χ2n) is 6.52. The molecule has 1 aliphatic heterocycles. The van der Waals surface area contributed by atoms with Gasteiger partial charge in [0.05, 0.1) is 6.04 Å². The number of para-hydroxylation sites is 1. The van der Waals surface area contributed by atoms with Crippen LogP contribution in [0.1, 0.15) is 36.4 Å². The number of carbonyl (C=O) groups is 1. The summed E-state index contributed by atoms with van der Waals surface area (Å²) in [5, 5.41) is 1.26. The third-order valence-corrected chi connectivity index (χ3v) is 5.05. The number of hydrogen-bond donors (Lipinski definition) is 1. The number of benzene rings is 2. The van der Waals surface area contributed by atoms with Crippen LogP contribution in [0.15, 0.2) is 60.8 Å². The summed E-state index contributed by atoms with van der Waals surface area (Å²) in [6.45, 7) is 0.778. The Kier molecular flexibility index (Phi) is 4.08. The van der Waals surface area contributed by atoms with Crippen LogP contribution in [-0.2, 0) is 11.2 Å². The Labute approximate surface area is 142 Å². The van der Waals surface area contributed by atoms with Crippen LogP contribution in [0.3, 0.4) is 0 Å². The number of aromatic amines is 1. The van der Waals surface area contributed by atoms with E-state index >= 15 is 0 Å². The summed E-state index contributed by atoms with van der Waals surface area (Å²) in [4.78, 5) is 17.9. The Morgan fingerprint density at radius 1 is 1.04 bits per heavy atom. The highest BCUT2D eigenvalue weighted by Crippen LogP contribution is 2.32. The molecular weight excluding hydrogens is 296 g/mol. The molecule has 3 aromatic rings. The highest BCUT2D eigenvalue weighted by Gasteiger charge is 2.28. The van der Waals surface area contributed by atoms with Gasteiger partial charge in [-0.25, -0.2) is 0 Å². The van der Waals surface area contributed by atoms with E-state index in [1.165, 1.54) is 16.5 Å². The zero-order valence-corrected chi connectivity index (χ0v) is 13.7. The number of rotatable bonds is 4. The van der Waals surface area contributed by atoms with Crippen molar-refractivity contribution in [3.05, 3.63) is 71.9 Å². The molecule has 2 heterocycles. The Hall–Kier alpha value is -2.55. The summed E-state index contributed by atoms with van der Waals surface area (Å²) in [5.41, 5.74) is 3.71. The number of carbonyl (C=O) groups excluding carboxylic acids is 1. The number of hydrogen-bond acceptors (Lipinski definition) is 1. The molecule has 24 heavy (non-hydrogen) atoms. The molecule has 0 bridgehead atoms. The molecule has 1 unspecified atom stereocenters. The Bertz CT molecular complexity index is 837. The van der Waals surface area contributed by atoms with E-state index in [4.69, 9.17) is 0 Å². The van der Waals surface area contributed by atoms with Crippen molar-refractivity contribution in [2.75, 3.05) is 6.54 Å². The van der Waals surface area contributed by atoms with Crippen molar-refractivity contribution in [2.45, 2.75) is 31.7 Å². The molecule has 3 heteroatoms. The lowest BCUT2D eigenvalue weighted by atomic mass is 9.94. The van der Waals surface area contributed by atoms with Gasteiger partial charge >= 0.3 is 0 Å². The smallest absolute Gasteiger partial charge is 0.223 e. The molecule has 1 aromatic heterocycles. The first-order chi connectivity index (χ1) is 11.8. The third-order valence-electron chi connectivity index (χ3n) is 5.05. The standard InChI is InChI=1S/C21H22N2O/c24-21-12-6-11-20(16-7-2-1-3-8-16)23(21)14-13-17-15-22-19-10-5-4-9-18(17)19/h1-5,7-10,15,20,22H,6,11-14H2. The number of aromatic nitrogens is 1. The third kappa shape index (κ3) is 2.82. The van der Waals surface area contributed by atoms with E-state index in [-0.39, 0.29) is 11.9 Å². The van der Waals surface area contributed by atoms with Gasteiger partial charge in [0.2, 0.25) is 5.91 Å². The zero-order valence-electron chi connectivity index (χ0n) is 13.7. The van der Waals surface area contributed by atoms with Crippen molar-refractivity contribution in [2.24, 2.45) is 0 Å². The van der Waals surface area contributed by atoms with E-state index in [0.29, 0.717) is 6.42 Å². The van der Waals surface area contributed by atoms with Crippen LogP contribution in [0.5, 0.6) is 0 Å². The van der Waals surface area contributed by atoms with Crippen molar-refractivity contribution in [1.82, 2.24) is 9.88 Å². The predicted octanol–water partition coefficient (Wildman–Crippen LogP) is 4.46. The molecule has 0 saturated carbocycles. The SMILES string of the molecule is O=C1CCCC(c2ccccc2)N1CCc1c[nH]c2ccccc12. The van der Waals surface area contributed by atoms with E-state index in [1.807, 2.05) is 12.1 Å². The maximum atomic E-state index is 12.5. The number of H-pyrrole nitrogens is 1. The first kappa shape index (κ1) is 15.0. The molecule has 3 nitrogen and oxygen atoms in total. The van der Waals surface area contributed by atoms with E-state index in [9.17, 15) is 4.79 Å². The van der Waals surface area contributed by atoms with Crippen LogP contribution in [0.25, 0.3) is 10.9 Å². The summed E-state index contributed by atoms with van der Waals surface area (Å²) in [5.74, 6) is 0.287. The van der Waals surface area contributed by atoms with Gasteiger partial charge in [0, 0.05) is 30.1 Å². The van der Waals surface area contributed by atoms with E-state index in [2.05, 4.69) is 58.5 Å². The molecule has 0 spiro atoms. The van der Waals surface area contributed by atoms with Crippen molar-refractivity contribution < 1.29 is 4.79 Å². The monoisotopic (exact) mass is 318 g/mol. The average molecular weight is 318 g/mol. The molecule has 1 aliphatic rings. The number of likely N-dealkylation sites (tertiary alicyclic amines) is 1. The molecule has 1 saturated heterocycles. The molecule has 122 valence electrons. The first-order valence-electron chi connectivity index (χ1n) is 8.72. The molecule has 1 N–H and O–H groups in total. The van der Waals surface area contributed by atoms with Gasteiger partial charge in [0.1, 0.15) is 0 Å². The van der Waals surface area contributed by atoms with E-state index < -0.39 is 0 Å². The second kappa shape index (κ2) is 6.52. The van der Waals surface area contributed by atoms with Gasteiger partial charge in [-0.05, 0) is 36.5 Å². The van der Waals surface area contributed by atoms with Crippen molar-refractivity contribution in [1.29, 1.82) is 0 Å². The van der Waals surface area contributed by atoms with Crippen LogP contribution in [0, 0.1) is 0 Å². The number of piperidine rings is 1. The molecule has 1 amide bonds. The highest BCUT2D eigenvalue weighted by molar-refractivity contribution is 5.83. The molecular formula is C21H22N2O. The second-order valence-corrected chi connectivity index (χ2v) is 6.52. The molecule has 0 aliphatic carbocycles. The molecule has 4 rings (SSSR count). The Balaban J connectivity index is 1.55. The lowest BCUT2D eigenvalue weighted by Gasteiger charge is -2.36. The van der Waals surface area contributed by atoms with Crippen molar-refractivity contribution in [3.8, 4) is 0 Å². The van der Waals surface area contributed by atoms with Crippen molar-refractivity contribution >= 4 is 16.8 Å². The summed E-state index contributed by atoms with van der Waals surface area (Å²) >= 11 is 0. The van der Waals surface area contributed by atoms with Gasteiger partial charge in [0.25, 0.3) is 0 Å². The lowest BCUT2D eigenvalue weighted by Crippen LogP contribution is -2.39. The van der Waals surface area contributed by atoms with Crippen LogP contribution >= 0.6 is 0 Å². The van der Waals surface area contributed by atoms with Crippen LogP contribution < -0.4 is 0 Å². The van der Waals surface area contributed by atoms with E-state index in [1.54, 1.807) is 0 Å². The number of nitrogens with one attached hydrogen (secondary N) is 1. The molecule has 0 radical (unpaired) electrons. The van der Waals surface area contributed by atoms with Gasteiger partial charge in [-0.2, -0.15) is 0 Å². The Morgan fingerprint density at radius 2 is 1.83 bits per heavy atom. The van der Waals surface area contributed by atoms with Crippen LogP contribution in [0.4, 0.5) is 0 Å². The number of fused-ring (bicyclic) bond motifs is 1. The molecule has 1 fully saturated rings. The summed E-state index contributed by atoms with van der Waals surface area (Å²) in [6.07, 6.45) is 5.69. The maximum Gasteiger partial charge on any atom is 0.223 e. The van der Waals surface area contributed by atoms with Crippen LogP contribution in [0.2, 0.25) is 0 Å². The number of amides is 1. The normalized spacial score (nSPS) is 18.2. The number of nitrogens with zero attached hydrogens (tertiary/aromatic N) is 1. The lowest BCUT2D eigenvalue weighted by molar-refractivity contribution is -0.136. The van der Waals surface area contributed by atoms with E-state index in [0.717, 1.165) is 31.3 Å². The summed E-state index contributed by atoms with van der Waals surface area (Å²) < 4.78 is 0.